The van der Waals surface area contributed by atoms with Crippen molar-refractivity contribution in [1.29, 1.82) is 0 Å². The molecule has 1 aromatic carbocycles. The molecule has 1 saturated heterocycles. The summed E-state index contributed by atoms with van der Waals surface area (Å²) < 4.78 is 5.34. The van der Waals surface area contributed by atoms with Crippen molar-refractivity contribution in [1.82, 2.24) is 20.5 Å². The Balaban J connectivity index is 1.70. The van der Waals surface area contributed by atoms with Crippen molar-refractivity contribution in [2.24, 2.45) is 4.99 Å². The van der Waals surface area contributed by atoms with Crippen LogP contribution in [-0.2, 0) is 6.54 Å². The van der Waals surface area contributed by atoms with Crippen LogP contribution in [0.4, 0.5) is 0 Å². The lowest BCUT2D eigenvalue weighted by atomic mass is 10.0. The Morgan fingerprint density at radius 2 is 1.97 bits per heavy atom. The molecule has 1 unspecified atom stereocenters. The number of rotatable bonds is 8. The fourth-order valence-corrected chi connectivity index (χ4v) is 4.40. The summed E-state index contributed by atoms with van der Waals surface area (Å²) in [7, 11) is 1.71. The molecule has 1 aliphatic heterocycles. The van der Waals surface area contributed by atoms with Crippen LogP contribution in [0.15, 0.2) is 35.5 Å². The van der Waals surface area contributed by atoms with E-state index < -0.39 is 0 Å². The molecule has 3 rings (SSSR count). The molecular weight excluding hydrogens is 382 g/mol. The molecule has 1 fully saturated rings. The van der Waals surface area contributed by atoms with Crippen LogP contribution in [0.1, 0.15) is 47.7 Å². The van der Waals surface area contributed by atoms with Gasteiger partial charge in [0.05, 0.1) is 24.7 Å². The summed E-state index contributed by atoms with van der Waals surface area (Å²) in [4.78, 5) is 12.9. The summed E-state index contributed by atoms with van der Waals surface area (Å²) in [5.41, 5.74) is 1.31. The highest BCUT2D eigenvalue weighted by molar-refractivity contribution is 7.11. The molecular formula is C22H33N5OS. The standard InChI is InChI=1S/C22H33N5OS/c1-4-23-22(25-15-20-14-24-17(2)29-20)26-16-21(27-12-6-5-7-13-27)18-8-10-19(28-3)11-9-18/h8-11,14,21H,4-7,12-13,15-16H2,1-3H3,(H2,23,25,26). The maximum atomic E-state index is 5.34. The summed E-state index contributed by atoms with van der Waals surface area (Å²) >= 11 is 1.70. The minimum absolute atomic E-state index is 0.315. The Morgan fingerprint density at radius 1 is 1.21 bits per heavy atom. The van der Waals surface area contributed by atoms with Gasteiger partial charge in [-0.05, 0) is 57.5 Å². The molecule has 6 nitrogen and oxygen atoms in total. The molecule has 0 aliphatic carbocycles. The second-order valence-corrected chi connectivity index (χ2v) is 8.63. The monoisotopic (exact) mass is 415 g/mol. The number of hydrogen-bond acceptors (Lipinski definition) is 5. The van der Waals surface area contributed by atoms with Gasteiger partial charge in [0, 0.05) is 24.2 Å². The lowest BCUT2D eigenvalue weighted by Gasteiger charge is -2.35. The predicted octanol–water partition coefficient (Wildman–Crippen LogP) is 3.74. The van der Waals surface area contributed by atoms with Crippen molar-refractivity contribution >= 4 is 17.3 Å². The molecule has 158 valence electrons. The van der Waals surface area contributed by atoms with E-state index in [-0.39, 0.29) is 0 Å². The maximum Gasteiger partial charge on any atom is 0.191 e. The number of hydrogen-bond donors (Lipinski definition) is 2. The van der Waals surface area contributed by atoms with Crippen LogP contribution < -0.4 is 15.4 Å². The molecule has 2 heterocycles. The Labute approximate surface area is 178 Å². The van der Waals surface area contributed by atoms with Gasteiger partial charge < -0.3 is 15.4 Å². The highest BCUT2D eigenvalue weighted by Crippen LogP contribution is 2.26. The number of likely N-dealkylation sites (tertiary alicyclic amines) is 1. The lowest BCUT2D eigenvalue weighted by molar-refractivity contribution is 0.164. The molecule has 0 bridgehead atoms. The van der Waals surface area contributed by atoms with E-state index in [4.69, 9.17) is 9.73 Å². The SMILES string of the molecule is CCNC(=NCc1cnc(C)s1)NCC(c1ccc(OC)cc1)N1CCCCC1. The summed E-state index contributed by atoms with van der Waals surface area (Å²) in [5, 5.41) is 8.03. The van der Waals surface area contributed by atoms with Crippen LogP contribution in [0.5, 0.6) is 5.75 Å². The van der Waals surface area contributed by atoms with Crippen molar-refractivity contribution in [3.8, 4) is 5.75 Å². The molecule has 2 N–H and O–H groups in total. The van der Waals surface area contributed by atoms with Gasteiger partial charge in [0.2, 0.25) is 0 Å². The van der Waals surface area contributed by atoms with Gasteiger partial charge in [-0.2, -0.15) is 0 Å². The Hall–Kier alpha value is -2.12. The maximum absolute atomic E-state index is 5.34. The normalized spacial score (nSPS) is 16.4. The van der Waals surface area contributed by atoms with E-state index in [9.17, 15) is 0 Å². The molecule has 0 amide bonds. The van der Waals surface area contributed by atoms with Crippen molar-refractivity contribution in [3.05, 3.63) is 45.9 Å². The Morgan fingerprint density at radius 3 is 2.59 bits per heavy atom. The number of aliphatic imine (C=N–C) groups is 1. The number of nitrogens with zero attached hydrogens (tertiary/aromatic N) is 3. The van der Waals surface area contributed by atoms with Crippen molar-refractivity contribution in [3.63, 3.8) is 0 Å². The minimum Gasteiger partial charge on any atom is -0.497 e. The van der Waals surface area contributed by atoms with E-state index in [1.165, 1.54) is 29.7 Å². The van der Waals surface area contributed by atoms with E-state index in [1.807, 2.05) is 13.1 Å². The van der Waals surface area contributed by atoms with Gasteiger partial charge >= 0.3 is 0 Å². The average Bonchev–Trinajstić information content (AvgIpc) is 3.18. The number of piperidine rings is 1. The van der Waals surface area contributed by atoms with Gasteiger partial charge in [-0.25, -0.2) is 9.98 Å². The van der Waals surface area contributed by atoms with Gasteiger partial charge in [-0.3, -0.25) is 4.90 Å². The average molecular weight is 416 g/mol. The second-order valence-electron chi connectivity index (χ2n) is 7.31. The zero-order chi connectivity index (χ0) is 20.5. The third-order valence-corrected chi connectivity index (χ3v) is 6.10. The molecule has 1 aromatic heterocycles. The summed E-state index contributed by atoms with van der Waals surface area (Å²) in [5.74, 6) is 1.75. The summed E-state index contributed by atoms with van der Waals surface area (Å²) in [6.45, 7) is 8.72. The van der Waals surface area contributed by atoms with Crippen molar-refractivity contribution in [2.75, 3.05) is 33.3 Å². The van der Waals surface area contributed by atoms with Crippen LogP contribution in [0.2, 0.25) is 0 Å². The molecule has 0 radical (unpaired) electrons. The number of aromatic nitrogens is 1. The van der Waals surface area contributed by atoms with Gasteiger partial charge in [-0.1, -0.05) is 18.6 Å². The molecule has 7 heteroatoms. The molecule has 29 heavy (non-hydrogen) atoms. The van der Waals surface area contributed by atoms with Gasteiger partial charge in [0.15, 0.2) is 5.96 Å². The fourth-order valence-electron chi connectivity index (χ4n) is 3.68. The summed E-state index contributed by atoms with van der Waals surface area (Å²) in [6, 6.07) is 8.79. The highest BCUT2D eigenvalue weighted by Gasteiger charge is 2.22. The van der Waals surface area contributed by atoms with E-state index in [2.05, 4.69) is 51.7 Å². The summed E-state index contributed by atoms with van der Waals surface area (Å²) in [6.07, 6.45) is 5.79. The van der Waals surface area contributed by atoms with Crippen molar-refractivity contribution < 1.29 is 4.74 Å². The minimum atomic E-state index is 0.315. The second kappa shape index (κ2) is 11.2. The zero-order valence-electron chi connectivity index (χ0n) is 17.8. The number of methoxy groups -OCH3 is 1. The number of thiazole rings is 1. The third kappa shape index (κ3) is 6.44. The number of benzene rings is 1. The van der Waals surface area contributed by atoms with Crippen molar-refractivity contribution in [2.45, 2.75) is 45.7 Å². The first-order valence-corrected chi connectivity index (χ1v) is 11.3. The van der Waals surface area contributed by atoms with Crippen LogP contribution >= 0.6 is 11.3 Å². The van der Waals surface area contributed by atoms with Gasteiger partial charge in [0.25, 0.3) is 0 Å². The van der Waals surface area contributed by atoms with E-state index in [0.29, 0.717) is 12.6 Å². The number of guanidine groups is 1. The van der Waals surface area contributed by atoms with Crippen LogP contribution in [0, 0.1) is 6.92 Å². The topological polar surface area (TPSA) is 61.8 Å². The highest BCUT2D eigenvalue weighted by atomic mass is 32.1. The fraction of sp³-hybridized carbons (Fsp3) is 0.545. The quantitative estimate of drug-likeness (QED) is 0.508. The van der Waals surface area contributed by atoms with Crippen LogP contribution in [-0.4, -0.2) is 49.1 Å². The van der Waals surface area contributed by atoms with Gasteiger partial charge in [-0.15, -0.1) is 11.3 Å². The smallest absolute Gasteiger partial charge is 0.191 e. The number of nitrogens with one attached hydrogen (secondary N) is 2. The predicted molar refractivity (Wildman–Crippen MR) is 121 cm³/mol. The molecule has 0 spiro atoms. The Bertz CT molecular complexity index is 768. The van der Waals surface area contributed by atoms with Crippen LogP contribution in [0.25, 0.3) is 0 Å². The van der Waals surface area contributed by atoms with Gasteiger partial charge in [0.1, 0.15) is 5.75 Å². The zero-order valence-corrected chi connectivity index (χ0v) is 18.6. The largest absolute Gasteiger partial charge is 0.497 e. The molecule has 2 aromatic rings. The van der Waals surface area contributed by atoms with E-state index in [1.54, 1.807) is 18.4 Å². The van der Waals surface area contributed by atoms with Crippen LogP contribution in [0.3, 0.4) is 0 Å². The first-order valence-electron chi connectivity index (χ1n) is 10.5. The number of ether oxygens (including phenoxy) is 1. The molecule has 0 saturated carbocycles. The van der Waals surface area contributed by atoms with E-state index >= 15 is 0 Å². The molecule has 1 aliphatic rings. The molecule has 1 atom stereocenters. The lowest BCUT2D eigenvalue weighted by Crippen LogP contribution is -2.44. The van der Waals surface area contributed by atoms with E-state index in [0.717, 1.165) is 42.9 Å². The first kappa shape index (κ1) is 21.6. The third-order valence-electron chi connectivity index (χ3n) is 5.20. The Kier molecular flexibility index (Phi) is 8.31. The number of aryl methyl sites for hydroxylation is 1. The first-order chi connectivity index (χ1) is 14.2.